The van der Waals surface area contributed by atoms with E-state index in [9.17, 15) is 0 Å². The van der Waals surface area contributed by atoms with Crippen molar-refractivity contribution < 1.29 is 4.74 Å². The molecule has 1 aliphatic heterocycles. The highest BCUT2D eigenvalue weighted by Gasteiger charge is 2.27. The van der Waals surface area contributed by atoms with Crippen LogP contribution in [0.25, 0.3) is 0 Å². The van der Waals surface area contributed by atoms with Crippen molar-refractivity contribution in [2.24, 2.45) is 0 Å². The van der Waals surface area contributed by atoms with E-state index in [2.05, 4.69) is 30.4 Å². The van der Waals surface area contributed by atoms with Crippen molar-refractivity contribution >= 4 is 0 Å². The lowest BCUT2D eigenvalue weighted by Crippen LogP contribution is -2.38. The molecule has 0 spiro atoms. The van der Waals surface area contributed by atoms with Gasteiger partial charge in [0.05, 0.1) is 7.11 Å². The zero-order chi connectivity index (χ0) is 11.4. The minimum atomic E-state index is 0.116. The molecule has 2 heteroatoms. The lowest BCUT2D eigenvalue weighted by Gasteiger charge is -2.30. The van der Waals surface area contributed by atoms with Gasteiger partial charge in [-0.2, -0.15) is 0 Å². The van der Waals surface area contributed by atoms with Crippen LogP contribution in [0.2, 0.25) is 0 Å². The fourth-order valence-corrected chi connectivity index (χ4v) is 2.45. The second-order valence-corrected chi connectivity index (χ2v) is 4.80. The molecule has 1 unspecified atom stereocenters. The van der Waals surface area contributed by atoms with Gasteiger partial charge in [-0.1, -0.05) is 25.0 Å². The lowest BCUT2D eigenvalue weighted by atomic mass is 9.87. The fourth-order valence-electron chi connectivity index (χ4n) is 2.45. The first-order valence-corrected chi connectivity index (χ1v) is 6.14. The van der Waals surface area contributed by atoms with E-state index in [4.69, 9.17) is 4.74 Å². The fraction of sp³-hybridized carbons (Fsp3) is 0.571. The van der Waals surface area contributed by atoms with Crippen molar-refractivity contribution in [2.75, 3.05) is 13.7 Å². The van der Waals surface area contributed by atoms with Gasteiger partial charge in [0.1, 0.15) is 5.75 Å². The highest BCUT2D eigenvalue weighted by Crippen LogP contribution is 2.31. The van der Waals surface area contributed by atoms with Crippen LogP contribution in [-0.4, -0.2) is 13.7 Å². The molecule has 1 aromatic carbocycles. The number of hydrogen-bond donors (Lipinski definition) is 1. The number of methoxy groups -OCH3 is 1. The van der Waals surface area contributed by atoms with E-state index in [0.29, 0.717) is 0 Å². The maximum atomic E-state index is 5.29. The van der Waals surface area contributed by atoms with E-state index in [-0.39, 0.29) is 5.54 Å². The van der Waals surface area contributed by atoms with E-state index in [0.717, 1.165) is 12.3 Å². The van der Waals surface area contributed by atoms with Crippen LogP contribution in [0.15, 0.2) is 24.3 Å². The number of ether oxygens (including phenoxy) is 1. The van der Waals surface area contributed by atoms with Gasteiger partial charge in [-0.3, -0.25) is 0 Å². The second-order valence-electron chi connectivity index (χ2n) is 4.80. The molecule has 1 aliphatic rings. The average Bonchev–Trinajstić information content (AvgIpc) is 2.55. The molecule has 0 amide bonds. The lowest BCUT2D eigenvalue weighted by molar-refractivity contribution is 0.355. The van der Waals surface area contributed by atoms with E-state index < -0.39 is 0 Å². The van der Waals surface area contributed by atoms with Crippen molar-refractivity contribution in [2.45, 2.75) is 38.1 Å². The van der Waals surface area contributed by atoms with Gasteiger partial charge in [0, 0.05) is 5.54 Å². The maximum absolute atomic E-state index is 5.29. The minimum Gasteiger partial charge on any atom is -0.497 e. The molecule has 2 rings (SSSR count). The first-order chi connectivity index (χ1) is 7.74. The Labute approximate surface area is 98.0 Å². The van der Waals surface area contributed by atoms with E-state index >= 15 is 0 Å². The van der Waals surface area contributed by atoms with Crippen molar-refractivity contribution in [3.8, 4) is 5.75 Å². The zero-order valence-electron chi connectivity index (χ0n) is 10.3. The molecule has 16 heavy (non-hydrogen) atoms. The Bertz CT molecular complexity index is 340. The summed E-state index contributed by atoms with van der Waals surface area (Å²) in [5, 5.41) is 3.67. The van der Waals surface area contributed by atoms with Crippen molar-refractivity contribution in [3.63, 3.8) is 0 Å². The van der Waals surface area contributed by atoms with Crippen molar-refractivity contribution in [1.29, 1.82) is 0 Å². The molecule has 0 aliphatic carbocycles. The summed E-state index contributed by atoms with van der Waals surface area (Å²) in [6.45, 7) is 3.42. The topological polar surface area (TPSA) is 21.3 Å². The molecule has 1 saturated heterocycles. The number of rotatable bonds is 2. The molecule has 2 nitrogen and oxygen atoms in total. The Morgan fingerprint density at radius 1 is 1.25 bits per heavy atom. The van der Waals surface area contributed by atoms with Gasteiger partial charge in [0.2, 0.25) is 0 Å². The SMILES string of the molecule is COc1cccc(C2(C)CCCCCN2)c1. The van der Waals surface area contributed by atoms with E-state index in [1.54, 1.807) is 7.11 Å². The van der Waals surface area contributed by atoms with Crippen molar-refractivity contribution in [1.82, 2.24) is 5.32 Å². The number of hydrogen-bond acceptors (Lipinski definition) is 2. The normalized spacial score (nSPS) is 26.1. The Morgan fingerprint density at radius 3 is 2.94 bits per heavy atom. The summed E-state index contributed by atoms with van der Waals surface area (Å²) < 4.78 is 5.29. The van der Waals surface area contributed by atoms with Gasteiger partial charge < -0.3 is 10.1 Å². The summed E-state index contributed by atoms with van der Waals surface area (Å²) >= 11 is 0. The number of nitrogens with one attached hydrogen (secondary N) is 1. The Hall–Kier alpha value is -1.02. The van der Waals surface area contributed by atoms with Crippen LogP contribution in [0.3, 0.4) is 0 Å². The molecule has 1 fully saturated rings. The highest BCUT2D eigenvalue weighted by atomic mass is 16.5. The minimum absolute atomic E-state index is 0.116. The van der Waals surface area contributed by atoms with Crippen LogP contribution in [0, 0.1) is 0 Å². The summed E-state index contributed by atoms with van der Waals surface area (Å²) in [7, 11) is 1.72. The van der Waals surface area contributed by atoms with Crippen LogP contribution in [0.4, 0.5) is 0 Å². The quantitative estimate of drug-likeness (QED) is 0.825. The Balaban J connectivity index is 2.25. The molecule has 1 atom stereocenters. The largest absolute Gasteiger partial charge is 0.497 e. The molecule has 1 N–H and O–H groups in total. The summed E-state index contributed by atoms with van der Waals surface area (Å²) in [5.74, 6) is 0.949. The third-order valence-corrected chi connectivity index (χ3v) is 3.58. The van der Waals surface area contributed by atoms with Crippen LogP contribution in [-0.2, 0) is 5.54 Å². The molecule has 1 heterocycles. The van der Waals surface area contributed by atoms with E-state index in [1.807, 2.05) is 6.07 Å². The molecular formula is C14H21NO. The van der Waals surface area contributed by atoms with Crippen LogP contribution in [0.5, 0.6) is 5.75 Å². The van der Waals surface area contributed by atoms with Gasteiger partial charge in [-0.15, -0.1) is 0 Å². The molecule has 0 aromatic heterocycles. The molecule has 88 valence electrons. The zero-order valence-corrected chi connectivity index (χ0v) is 10.3. The smallest absolute Gasteiger partial charge is 0.119 e. The molecule has 0 bridgehead atoms. The first-order valence-electron chi connectivity index (χ1n) is 6.14. The maximum Gasteiger partial charge on any atom is 0.119 e. The third kappa shape index (κ3) is 2.38. The Kier molecular flexibility index (Phi) is 3.49. The van der Waals surface area contributed by atoms with Crippen LogP contribution in [0.1, 0.15) is 38.2 Å². The van der Waals surface area contributed by atoms with E-state index in [1.165, 1.54) is 31.2 Å². The summed E-state index contributed by atoms with van der Waals surface area (Å²) in [6, 6.07) is 8.43. The van der Waals surface area contributed by atoms with Gasteiger partial charge in [0.15, 0.2) is 0 Å². The Morgan fingerprint density at radius 2 is 2.12 bits per heavy atom. The second kappa shape index (κ2) is 4.88. The van der Waals surface area contributed by atoms with Gasteiger partial charge >= 0.3 is 0 Å². The van der Waals surface area contributed by atoms with Gasteiger partial charge in [0.25, 0.3) is 0 Å². The monoisotopic (exact) mass is 219 g/mol. The van der Waals surface area contributed by atoms with Crippen LogP contribution >= 0.6 is 0 Å². The van der Waals surface area contributed by atoms with Gasteiger partial charge in [-0.25, -0.2) is 0 Å². The summed E-state index contributed by atoms with van der Waals surface area (Å²) in [4.78, 5) is 0. The molecule has 1 aromatic rings. The third-order valence-electron chi connectivity index (χ3n) is 3.58. The molecule has 0 saturated carbocycles. The molecular weight excluding hydrogens is 198 g/mol. The summed E-state index contributed by atoms with van der Waals surface area (Å²) in [6.07, 6.45) is 5.15. The standard InChI is InChI=1S/C14H21NO/c1-14(9-4-3-5-10-15-14)12-7-6-8-13(11-12)16-2/h6-8,11,15H,3-5,9-10H2,1-2H3. The first kappa shape index (κ1) is 11.5. The highest BCUT2D eigenvalue weighted by molar-refractivity contribution is 5.33. The summed E-state index contributed by atoms with van der Waals surface area (Å²) in [5.41, 5.74) is 1.46. The molecule has 0 radical (unpaired) electrons. The predicted molar refractivity (Wildman–Crippen MR) is 66.8 cm³/mol. The van der Waals surface area contributed by atoms with Gasteiger partial charge in [-0.05, 0) is 44.0 Å². The average molecular weight is 219 g/mol. The number of benzene rings is 1. The van der Waals surface area contributed by atoms with Crippen molar-refractivity contribution in [3.05, 3.63) is 29.8 Å². The van der Waals surface area contributed by atoms with Crippen LogP contribution < -0.4 is 10.1 Å². The predicted octanol–water partition coefficient (Wildman–Crippen LogP) is 3.07.